The van der Waals surface area contributed by atoms with Crippen LogP contribution in [0.2, 0.25) is 0 Å². The summed E-state index contributed by atoms with van der Waals surface area (Å²) in [6.45, 7) is 4.44. The fraction of sp³-hybridized carbons (Fsp3) is 0.611. The maximum absolute atomic E-state index is 12.2. The molecule has 0 aromatic heterocycles. The van der Waals surface area contributed by atoms with Crippen LogP contribution >= 0.6 is 0 Å². The molecule has 1 aromatic rings. The van der Waals surface area contributed by atoms with Crippen LogP contribution in [0, 0.1) is 5.92 Å². The summed E-state index contributed by atoms with van der Waals surface area (Å²) in [6.07, 6.45) is 2.88. The van der Waals surface area contributed by atoms with E-state index in [2.05, 4.69) is 24.4 Å². The van der Waals surface area contributed by atoms with Gasteiger partial charge in [0.25, 0.3) is 0 Å². The van der Waals surface area contributed by atoms with Crippen molar-refractivity contribution in [1.29, 1.82) is 0 Å². The van der Waals surface area contributed by atoms with E-state index < -0.39 is 0 Å². The van der Waals surface area contributed by atoms with Gasteiger partial charge in [0.05, 0.1) is 7.11 Å². The van der Waals surface area contributed by atoms with Gasteiger partial charge >= 0.3 is 6.03 Å². The average molecular weight is 320 g/mol. The Morgan fingerprint density at radius 3 is 2.83 bits per heavy atom. The van der Waals surface area contributed by atoms with Gasteiger partial charge in [0.1, 0.15) is 5.75 Å². The number of hydrogen-bond donors (Lipinski definition) is 2. The quantitative estimate of drug-likeness (QED) is 0.847. The van der Waals surface area contributed by atoms with Crippen LogP contribution in [-0.4, -0.2) is 49.4 Å². The Kier molecular flexibility index (Phi) is 6.71. The summed E-state index contributed by atoms with van der Waals surface area (Å²) in [6, 6.07) is 8.06. The maximum atomic E-state index is 12.2. The molecule has 2 N–H and O–H groups in total. The molecule has 2 atom stereocenters. The molecule has 5 nitrogen and oxygen atoms in total. The van der Waals surface area contributed by atoms with Crippen molar-refractivity contribution in [1.82, 2.24) is 10.2 Å². The second-order valence-electron chi connectivity index (χ2n) is 6.33. The Bertz CT molecular complexity index is 490. The number of amides is 2. The molecule has 0 bridgehead atoms. The Balaban J connectivity index is 1.73. The summed E-state index contributed by atoms with van der Waals surface area (Å²) >= 11 is 0. The van der Waals surface area contributed by atoms with Gasteiger partial charge in [-0.2, -0.15) is 0 Å². The second-order valence-corrected chi connectivity index (χ2v) is 6.33. The predicted octanol–water partition coefficient (Wildman–Crippen LogP) is 2.60. The lowest BCUT2D eigenvalue weighted by Gasteiger charge is -2.32. The van der Waals surface area contributed by atoms with Gasteiger partial charge in [0, 0.05) is 26.2 Å². The molecule has 128 valence electrons. The minimum atomic E-state index is -0.00918. The standard InChI is InChI=1S/C18H28N2O3/c1-14(16-5-7-17(23-2)8-6-16)9-10-19-18(22)20-11-3-4-15(12-20)13-21/h5-8,14-15,21H,3-4,9-13H2,1-2H3,(H,19,22)/t14-,15-/m0/s1. The number of carbonyl (C=O) groups is 1. The summed E-state index contributed by atoms with van der Waals surface area (Å²) in [5.74, 6) is 1.47. The number of nitrogens with zero attached hydrogens (tertiary/aromatic N) is 1. The first-order chi connectivity index (χ1) is 11.1. The van der Waals surface area contributed by atoms with Crippen molar-refractivity contribution in [3.63, 3.8) is 0 Å². The van der Waals surface area contributed by atoms with E-state index in [1.165, 1.54) is 5.56 Å². The molecule has 1 saturated heterocycles. The first-order valence-corrected chi connectivity index (χ1v) is 8.41. The minimum absolute atomic E-state index is 0.00918. The van der Waals surface area contributed by atoms with E-state index in [0.717, 1.165) is 31.6 Å². The Morgan fingerprint density at radius 2 is 2.17 bits per heavy atom. The number of likely N-dealkylation sites (tertiary alicyclic amines) is 1. The number of nitrogens with one attached hydrogen (secondary N) is 1. The van der Waals surface area contributed by atoms with Crippen LogP contribution in [0.1, 0.15) is 37.7 Å². The summed E-state index contributed by atoms with van der Waals surface area (Å²) < 4.78 is 5.17. The van der Waals surface area contributed by atoms with Crippen molar-refractivity contribution >= 4 is 6.03 Å². The van der Waals surface area contributed by atoms with E-state index in [-0.39, 0.29) is 18.6 Å². The lowest BCUT2D eigenvalue weighted by molar-refractivity contribution is 0.129. The van der Waals surface area contributed by atoms with Crippen LogP contribution < -0.4 is 10.1 Å². The number of methoxy groups -OCH3 is 1. The van der Waals surface area contributed by atoms with E-state index in [1.54, 1.807) is 7.11 Å². The third-order valence-electron chi connectivity index (χ3n) is 4.60. The van der Waals surface area contributed by atoms with Gasteiger partial charge in [0.15, 0.2) is 0 Å². The van der Waals surface area contributed by atoms with Crippen molar-refractivity contribution in [3.8, 4) is 5.75 Å². The SMILES string of the molecule is COc1ccc([C@@H](C)CCNC(=O)N2CCC[C@H](CO)C2)cc1. The Morgan fingerprint density at radius 1 is 1.43 bits per heavy atom. The molecule has 0 aliphatic carbocycles. The fourth-order valence-corrected chi connectivity index (χ4v) is 3.01. The second kappa shape index (κ2) is 8.77. The number of carbonyl (C=O) groups excluding carboxylic acids is 1. The molecule has 1 aliphatic heterocycles. The van der Waals surface area contributed by atoms with Gasteiger partial charge in [0.2, 0.25) is 0 Å². The van der Waals surface area contributed by atoms with Crippen molar-refractivity contribution in [2.45, 2.75) is 32.1 Å². The van der Waals surface area contributed by atoms with Crippen LogP contribution in [0.4, 0.5) is 4.79 Å². The van der Waals surface area contributed by atoms with Crippen LogP contribution in [-0.2, 0) is 0 Å². The molecule has 5 heteroatoms. The molecule has 1 heterocycles. The number of hydrogen-bond acceptors (Lipinski definition) is 3. The third kappa shape index (κ3) is 5.13. The Labute approximate surface area is 138 Å². The highest BCUT2D eigenvalue weighted by Gasteiger charge is 2.22. The lowest BCUT2D eigenvalue weighted by Crippen LogP contribution is -2.46. The summed E-state index contributed by atoms with van der Waals surface area (Å²) in [7, 11) is 1.66. The smallest absolute Gasteiger partial charge is 0.317 e. The monoisotopic (exact) mass is 320 g/mol. The van der Waals surface area contributed by atoms with Gasteiger partial charge in [-0.3, -0.25) is 0 Å². The molecular weight excluding hydrogens is 292 g/mol. The van der Waals surface area contributed by atoms with Crippen LogP contribution in [0.5, 0.6) is 5.75 Å². The first-order valence-electron chi connectivity index (χ1n) is 8.41. The van der Waals surface area contributed by atoms with E-state index in [1.807, 2.05) is 17.0 Å². The van der Waals surface area contributed by atoms with Crippen molar-refractivity contribution in [2.24, 2.45) is 5.92 Å². The van der Waals surface area contributed by atoms with Gasteiger partial charge < -0.3 is 20.1 Å². The van der Waals surface area contributed by atoms with E-state index in [4.69, 9.17) is 4.74 Å². The largest absolute Gasteiger partial charge is 0.497 e. The van der Waals surface area contributed by atoms with Crippen LogP contribution in [0.25, 0.3) is 0 Å². The highest BCUT2D eigenvalue weighted by molar-refractivity contribution is 5.74. The molecule has 23 heavy (non-hydrogen) atoms. The summed E-state index contributed by atoms with van der Waals surface area (Å²) in [4.78, 5) is 14.0. The fourth-order valence-electron chi connectivity index (χ4n) is 3.01. The van der Waals surface area contributed by atoms with Crippen molar-refractivity contribution in [2.75, 3.05) is 33.4 Å². The number of benzene rings is 1. The van der Waals surface area contributed by atoms with Crippen molar-refractivity contribution in [3.05, 3.63) is 29.8 Å². The molecular formula is C18H28N2O3. The Hall–Kier alpha value is -1.75. The summed E-state index contributed by atoms with van der Waals surface area (Å²) in [5.41, 5.74) is 1.25. The molecule has 0 unspecified atom stereocenters. The first kappa shape index (κ1) is 17.6. The average Bonchev–Trinajstić information content (AvgIpc) is 2.61. The number of piperidine rings is 1. The number of urea groups is 1. The van der Waals surface area contributed by atoms with Crippen LogP contribution in [0.15, 0.2) is 24.3 Å². The summed E-state index contributed by atoms with van der Waals surface area (Å²) in [5, 5.41) is 12.2. The van der Waals surface area contributed by atoms with Gasteiger partial charge in [-0.05, 0) is 48.8 Å². The van der Waals surface area contributed by atoms with Gasteiger partial charge in [-0.25, -0.2) is 4.79 Å². The maximum Gasteiger partial charge on any atom is 0.317 e. The normalized spacial score (nSPS) is 19.3. The molecule has 0 radical (unpaired) electrons. The zero-order chi connectivity index (χ0) is 16.7. The minimum Gasteiger partial charge on any atom is -0.497 e. The molecule has 1 aromatic carbocycles. The topological polar surface area (TPSA) is 61.8 Å². The van der Waals surface area contributed by atoms with Gasteiger partial charge in [-0.15, -0.1) is 0 Å². The van der Waals surface area contributed by atoms with E-state index in [9.17, 15) is 9.90 Å². The molecule has 0 saturated carbocycles. The van der Waals surface area contributed by atoms with E-state index >= 15 is 0 Å². The van der Waals surface area contributed by atoms with Crippen LogP contribution in [0.3, 0.4) is 0 Å². The third-order valence-corrected chi connectivity index (χ3v) is 4.60. The number of ether oxygens (including phenoxy) is 1. The molecule has 2 rings (SSSR count). The molecule has 2 amide bonds. The zero-order valence-corrected chi connectivity index (χ0v) is 14.1. The molecule has 0 spiro atoms. The number of aliphatic hydroxyl groups excluding tert-OH is 1. The lowest BCUT2D eigenvalue weighted by atomic mass is 9.98. The highest BCUT2D eigenvalue weighted by Crippen LogP contribution is 2.21. The zero-order valence-electron chi connectivity index (χ0n) is 14.1. The van der Waals surface area contributed by atoms with E-state index in [0.29, 0.717) is 19.0 Å². The van der Waals surface area contributed by atoms with Gasteiger partial charge in [-0.1, -0.05) is 19.1 Å². The van der Waals surface area contributed by atoms with Crippen molar-refractivity contribution < 1.29 is 14.6 Å². The predicted molar refractivity (Wildman–Crippen MR) is 90.8 cm³/mol. The number of aliphatic hydroxyl groups is 1. The molecule has 1 fully saturated rings. The highest BCUT2D eigenvalue weighted by atomic mass is 16.5. The molecule has 1 aliphatic rings. The number of rotatable bonds is 6.